The van der Waals surface area contributed by atoms with Gasteiger partial charge in [0, 0.05) is 53.4 Å². The molecule has 0 aliphatic heterocycles. The zero-order valence-corrected chi connectivity index (χ0v) is 19.6. The van der Waals surface area contributed by atoms with Crippen LogP contribution in [0, 0.1) is 17.5 Å². The Morgan fingerprint density at radius 2 is 1.60 bits per heavy atom. The van der Waals surface area contributed by atoms with Crippen LogP contribution in [0.5, 0.6) is 11.5 Å². The fourth-order valence-electron chi connectivity index (χ4n) is 4.06. The first-order valence-electron chi connectivity index (χ1n) is 11.2. The minimum atomic E-state index is -0.970. The van der Waals surface area contributed by atoms with Crippen LogP contribution < -0.4 is 9.47 Å². The molecule has 4 rings (SSSR count). The lowest BCUT2D eigenvalue weighted by atomic mass is 10.0. The van der Waals surface area contributed by atoms with Gasteiger partial charge in [-0.3, -0.25) is 0 Å². The average Bonchev–Trinajstić information content (AvgIpc) is 3.25. The summed E-state index contributed by atoms with van der Waals surface area (Å²) in [4.78, 5) is 14.3. The first kappa shape index (κ1) is 24.2. The summed E-state index contributed by atoms with van der Waals surface area (Å²) in [6.07, 6.45) is 1.22. The van der Waals surface area contributed by atoms with Crippen molar-refractivity contribution in [3.8, 4) is 22.6 Å². The SMILES string of the molecule is CCN(CC)C(=O)Oc1ccc2c(ccn2Cc2c(F)cc(F)cc2F)c1-c1ccc(OC)cc1. The van der Waals surface area contributed by atoms with Crippen molar-refractivity contribution in [3.63, 3.8) is 0 Å². The van der Waals surface area contributed by atoms with E-state index in [-0.39, 0.29) is 12.1 Å². The molecule has 4 aromatic rings. The second-order valence-electron chi connectivity index (χ2n) is 7.93. The molecule has 0 saturated carbocycles. The van der Waals surface area contributed by atoms with E-state index in [0.29, 0.717) is 47.8 Å². The van der Waals surface area contributed by atoms with Crippen LogP contribution in [0.4, 0.5) is 18.0 Å². The third-order valence-electron chi connectivity index (χ3n) is 5.95. The molecule has 0 unspecified atom stereocenters. The Labute approximate surface area is 201 Å². The number of hydrogen-bond donors (Lipinski definition) is 0. The highest BCUT2D eigenvalue weighted by molar-refractivity contribution is 5.99. The van der Waals surface area contributed by atoms with Gasteiger partial charge >= 0.3 is 6.09 Å². The van der Waals surface area contributed by atoms with E-state index in [1.165, 1.54) is 0 Å². The Bertz CT molecular complexity index is 1340. The maximum Gasteiger partial charge on any atom is 0.415 e. The van der Waals surface area contributed by atoms with Gasteiger partial charge in [0.15, 0.2) is 0 Å². The lowest BCUT2D eigenvalue weighted by molar-refractivity contribution is 0.157. The monoisotopic (exact) mass is 482 g/mol. The molecule has 35 heavy (non-hydrogen) atoms. The topological polar surface area (TPSA) is 43.7 Å². The molecule has 1 amide bonds. The molecule has 0 bridgehead atoms. The van der Waals surface area contributed by atoms with Crippen molar-refractivity contribution >= 4 is 17.0 Å². The van der Waals surface area contributed by atoms with Gasteiger partial charge in [-0.2, -0.15) is 0 Å². The molecule has 0 aliphatic carbocycles. The summed E-state index contributed by atoms with van der Waals surface area (Å²) in [6, 6.07) is 13.8. The number of benzene rings is 3. The summed E-state index contributed by atoms with van der Waals surface area (Å²) >= 11 is 0. The first-order chi connectivity index (χ1) is 16.9. The van der Waals surface area contributed by atoms with Crippen molar-refractivity contribution in [2.45, 2.75) is 20.4 Å². The van der Waals surface area contributed by atoms with E-state index in [1.807, 2.05) is 26.0 Å². The Hall–Kier alpha value is -3.94. The summed E-state index contributed by atoms with van der Waals surface area (Å²) in [5.74, 6) is -1.85. The Balaban J connectivity index is 1.83. The highest BCUT2D eigenvalue weighted by Gasteiger charge is 2.20. The number of rotatable bonds is 7. The highest BCUT2D eigenvalue weighted by Crippen LogP contribution is 2.39. The molecule has 1 aromatic heterocycles. The minimum absolute atomic E-state index is 0.137. The van der Waals surface area contributed by atoms with E-state index in [9.17, 15) is 18.0 Å². The average molecular weight is 483 g/mol. The van der Waals surface area contributed by atoms with Crippen LogP contribution in [0.2, 0.25) is 0 Å². The largest absolute Gasteiger partial charge is 0.497 e. The zero-order valence-electron chi connectivity index (χ0n) is 19.6. The standard InChI is InChI=1S/C27H25F3N2O3/c1-4-31(5-2)27(33)35-25-11-10-24-20(26(25)17-6-8-19(34-3)9-7-17)12-13-32(24)16-21-22(29)14-18(28)15-23(21)30/h6-15H,4-5,16H2,1-3H3. The van der Waals surface area contributed by atoms with E-state index in [4.69, 9.17) is 9.47 Å². The number of ether oxygens (including phenoxy) is 2. The molecule has 0 atom stereocenters. The molecule has 0 fully saturated rings. The maximum absolute atomic E-state index is 14.3. The van der Waals surface area contributed by atoms with Crippen LogP contribution in [0.25, 0.3) is 22.0 Å². The number of aromatic nitrogens is 1. The molecule has 0 spiro atoms. The van der Waals surface area contributed by atoms with Gasteiger partial charge in [0.25, 0.3) is 0 Å². The van der Waals surface area contributed by atoms with Crippen molar-refractivity contribution in [1.82, 2.24) is 9.47 Å². The minimum Gasteiger partial charge on any atom is -0.497 e. The molecule has 0 N–H and O–H groups in total. The van der Waals surface area contributed by atoms with Crippen molar-refractivity contribution < 1.29 is 27.4 Å². The molecular formula is C27H25F3N2O3. The van der Waals surface area contributed by atoms with E-state index < -0.39 is 23.5 Å². The first-order valence-corrected chi connectivity index (χ1v) is 11.2. The van der Waals surface area contributed by atoms with Gasteiger partial charge in [-0.15, -0.1) is 0 Å². The molecule has 0 saturated heterocycles. The predicted molar refractivity (Wildman–Crippen MR) is 128 cm³/mol. The summed E-state index contributed by atoms with van der Waals surface area (Å²) in [5, 5.41) is 0.725. The number of carbonyl (C=O) groups is 1. The summed E-state index contributed by atoms with van der Waals surface area (Å²) in [7, 11) is 1.57. The van der Waals surface area contributed by atoms with Crippen molar-refractivity contribution in [2.24, 2.45) is 0 Å². The van der Waals surface area contributed by atoms with Crippen LogP contribution in [0.1, 0.15) is 19.4 Å². The Morgan fingerprint density at radius 1 is 0.943 bits per heavy atom. The number of fused-ring (bicyclic) bond motifs is 1. The van der Waals surface area contributed by atoms with Gasteiger partial charge in [0.05, 0.1) is 13.7 Å². The van der Waals surface area contributed by atoms with Crippen LogP contribution in [0.3, 0.4) is 0 Å². The van der Waals surface area contributed by atoms with Gasteiger partial charge in [-0.05, 0) is 49.7 Å². The van der Waals surface area contributed by atoms with E-state index in [0.717, 1.165) is 10.9 Å². The third-order valence-corrected chi connectivity index (χ3v) is 5.95. The Morgan fingerprint density at radius 3 is 2.20 bits per heavy atom. The smallest absolute Gasteiger partial charge is 0.415 e. The fourth-order valence-corrected chi connectivity index (χ4v) is 4.06. The van der Waals surface area contributed by atoms with E-state index >= 15 is 0 Å². The highest BCUT2D eigenvalue weighted by atomic mass is 19.1. The third kappa shape index (κ3) is 4.82. The molecule has 5 nitrogen and oxygen atoms in total. The molecule has 0 radical (unpaired) electrons. The molecule has 0 aliphatic rings. The maximum atomic E-state index is 14.3. The van der Waals surface area contributed by atoms with Gasteiger partial charge in [-0.25, -0.2) is 18.0 Å². The lowest BCUT2D eigenvalue weighted by Crippen LogP contribution is -2.33. The van der Waals surface area contributed by atoms with Crippen molar-refractivity contribution in [2.75, 3.05) is 20.2 Å². The fraction of sp³-hybridized carbons (Fsp3) is 0.222. The van der Waals surface area contributed by atoms with Crippen molar-refractivity contribution in [1.29, 1.82) is 0 Å². The second kappa shape index (κ2) is 10.1. The molecule has 3 aromatic carbocycles. The van der Waals surface area contributed by atoms with Crippen LogP contribution in [0.15, 0.2) is 60.8 Å². The summed E-state index contributed by atoms with van der Waals surface area (Å²) in [5.41, 5.74) is 1.86. The molecule has 182 valence electrons. The van der Waals surface area contributed by atoms with E-state index in [2.05, 4.69) is 0 Å². The zero-order chi connectivity index (χ0) is 25.1. The van der Waals surface area contributed by atoms with Crippen LogP contribution in [-0.4, -0.2) is 35.8 Å². The summed E-state index contributed by atoms with van der Waals surface area (Å²) in [6.45, 7) is 4.60. The van der Waals surface area contributed by atoms with Gasteiger partial charge in [0.1, 0.15) is 29.0 Å². The molecule has 8 heteroatoms. The van der Waals surface area contributed by atoms with Gasteiger partial charge in [-0.1, -0.05) is 12.1 Å². The number of nitrogens with zero attached hydrogens (tertiary/aromatic N) is 2. The lowest BCUT2D eigenvalue weighted by Gasteiger charge is -2.20. The number of carbonyl (C=O) groups excluding carboxylic acids is 1. The second-order valence-corrected chi connectivity index (χ2v) is 7.93. The molecule has 1 heterocycles. The normalized spacial score (nSPS) is 11.0. The quantitative estimate of drug-likeness (QED) is 0.297. The number of halogens is 3. The predicted octanol–water partition coefficient (Wildman–Crippen LogP) is 6.62. The summed E-state index contributed by atoms with van der Waals surface area (Å²) < 4.78 is 54.6. The van der Waals surface area contributed by atoms with Gasteiger partial charge < -0.3 is 18.9 Å². The number of hydrogen-bond acceptors (Lipinski definition) is 3. The van der Waals surface area contributed by atoms with Crippen molar-refractivity contribution in [3.05, 3.63) is 83.8 Å². The van der Waals surface area contributed by atoms with Crippen LogP contribution >= 0.6 is 0 Å². The van der Waals surface area contributed by atoms with Crippen LogP contribution in [-0.2, 0) is 6.54 Å². The van der Waals surface area contributed by atoms with Gasteiger partial charge in [0.2, 0.25) is 0 Å². The Kier molecular flexibility index (Phi) is 7.00. The van der Waals surface area contributed by atoms with E-state index in [1.54, 1.807) is 53.1 Å². The number of methoxy groups -OCH3 is 1. The molecular weight excluding hydrogens is 457 g/mol. The number of amides is 1.